The molecular weight excluding hydrogens is 204 g/mol. The standard InChI is InChI=1S/C17H18/c1-5-7-16-14(6-2)8-9-15-10-12(3)13(4)11-17(15)16/h5-11H,2H2,1,3-4H3/b7-5-. The van der Waals surface area contributed by atoms with Gasteiger partial charge in [-0.25, -0.2) is 0 Å². The van der Waals surface area contributed by atoms with Gasteiger partial charge in [-0.15, -0.1) is 0 Å². The predicted molar refractivity (Wildman–Crippen MR) is 78.2 cm³/mol. The molecule has 0 aliphatic heterocycles. The van der Waals surface area contributed by atoms with Crippen LogP contribution in [0.4, 0.5) is 0 Å². The highest BCUT2D eigenvalue weighted by atomic mass is 14.1. The lowest BCUT2D eigenvalue weighted by Gasteiger charge is -2.10. The molecule has 2 aromatic carbocycles. The van der Waals surface area contributed by atoms with Gasteiger partial charge >= 0.3 is 0 Å². The minimum atomic E-state index is 1.19. The van der Waals surface area contributed by atoms with Gasteiger partial charge < -0.3 is 0 Å². The summed E-state index contributed by atoms with van der Waals surface area (Å²) in [6, 6.07) is 8.84. The zero-order valence-corrected chi connectivity index (χ0v) is 10.7. The van der Waals surface area contributed by atoms with Crippen LogP contribution < -0.4 is 0 Å². The largest absolute Gasteiger partial charge is 0.0984 e. The first-order valence-corrected chi connectivity index (χ1v) is 5.96. The van der Waals surface area contributed by atoms with E-state index in [4.69, 9.17) is 0 Å². The number of hydrogen-bond acceptors (Lipinski definition) is 0. The molecule has 0 fully saturated rings. The van der Waals surface area contributed by atoms with Gasteiger partial charge in [0, 0.05) is 0 Å². The molecule has 0 aromatic heterocycles. The van der Waals surface area contributed by atoms with Crippen molar-refractivity contribution < 1.29 is 0 Å². The van der Waals surface area contributed by atoms with Crippen molar-refractivity contribution in [2.24, 2.45) is 0 Å². The second-order valence-corrected chi connectivity index (χ2v) is 4.43. The molecule has 0 nitrogen and oxygen atoms in total. The van der Waals surface area contributed by atoms with Crippen LogP contribution in [0.3, 0.4) is 0 Å². The molecule has 17 heavy (non-hydrogen) atoms. The van der Waals surface area contributed by atoms with Crippen molar-refractivity contribution in [1.82, 2.24) is 0 Å². The third-order valence-electron chi connectivity index (χ3n) is 3.26. The maximum absolute atomic E-state index is 3.89. The zero-order chi connectivity index (χ0) is 12.4. The average molecular weight is 222 g/mol. The zero-order valence-electron chi connectivity index (χ0n) is 10.7. The van der Waals surface area contributed by atoms with Crippen LogP contribution in [0.2, 0.25) is 0 Å². The fourth-order valence-electron chi connectivity index (χ4n) is 2.17. The fourth-order valence-corrected chi connectivity index (χ4v) is 2.17. The Bertz CT molecular complexity index is 601. The Labute approximate surface area is 103 Å². The first-order chi connectivity index (χ1) is 8.17. The Hall–Kier alpha value is -1.82. The molecule has 0 atom stereocenters. The summed E-state index contributed by atoms with van der Waals surface area (Å²) in [5.41, 5.74) is 5.14. The number of fused-ring (bicyclic) bond motifs is 1. The van der Waals surface area contributed by atoms with Crippen LogP contribution in [0.1, 0.15) is 29.2 Å². The molecule has 0 aliphatic carbocycles. The molecule has 0 aliphatic rings. The Morgan fingerprint density at radius 2 is 1.76 bits per heavy atom. The SMILES string of the molecule is C=Cc1ccc2cc(C)c(C)cc2c1/C=C\C. The molecule has 0 saturated carbocycles. The predicted octanol–water partition coefficient (Wildman–Crippen LogP) is 5.13. The van der Waals surface area contributed by atoms with Crippen molar-refractivity contribution in [3.8, 4) is 0 Å². The van der Waals surface area contributed by atoms with E-state index in [2.05, 4.69) is 56.8 Å². The molecule has 0 N–H and O–H groups in total. The molecule has 0 heteroatoms. The lowest BCUT2D eigenvalue weighted by Crippen LogP contribution is -1.88. The van der Waals surface area contributed by atoms with Crippen molar-refractivity contribution in [2.45, 2.75) is 20.8 Å². The van der Waals surface area contributed by atoms with E-state index in [1.165, 1.54) is 33.0 Å². The summed E-state index contributed by atoms with van der Waals surface area (Å²) in [5, 5.41) is 2.61. The van der Waals surface area contributed by atoms with Crippen LogP contribution in [-0.2, 0) is 0 Å². The van der Waals surface area contributed by atoms with Crippen LogP contribution in [0.5, 0.6) is 0 Å². The van der Waals surface area contributed by atoms with Crippen LogP contribution >= 0.6 is 0 Å². The molecule has 0 unspecified atom stereocenters. The highest BCUT2D eigenvalue weighted by Gasteiger charge is 2.04. The Morgan fingerprint density at radius 3 is 2.41 bits per heavy atom. The van der Waals surface area contributed by atoms with Crippen LogP contribution in [0.15, 0.2) is 36.9 Å². The van der Waals surface area contributed by atoms with Crippen LogP contribution in [0.25, 0.3) is 22.9 Å². The van der Waals surface area contributed by atoms with Crippen LogP contribution in [0, 0.1) is 13.8 Å². The van der Waals surface area contributed by atoms with E-state index < -0.39 is 0 Å². The van der Waals surface area contributed by atoms with E-state index in [9.17, 15) is 0 Å². The van der Waals surface area contributed by atoms with E-state index in [1.807, 2.05) is 13.0 Å². The third-order valence-corrected chi connectivity index (χ3v) is 3.26. The summed E-state index contributed by atoms with van der Waals surface area (Å²) in [6.45, 7) is 10.3. The van der Waals surface area contributed by atoms with Crippen molar-refractivity contribution >= 4 is 22.9 Å². The minimum Gasteiger partial charge on any atom is -0.0984 e. The molecular formula is C17H18. The van der Waals surface area contributed by atoms with Gasteiger partial charge in [-0.05, 0) is 53.8 Å². The smallest absolute Gasteiger partial charge is 0.0103 e. The van der Waals surface area contributed by atoms with Crippen molar-refractivity contribution in [3.05, 3.63) is 59.2 Å². The molecule has 0 amide bonds. The Balaban J connectivity index is 2.88. The van der Waals surface area contributed by atoms with Crippen molar-refractivity contribution in [1.29, 1.82) is 0 Å². The third kappa shape index (κ3) is 2.03. The number of rotatable bonds is 2. The molecule has 0 spiro atoms. The van der Waals surface area contributed by atoms with Gasteiger partial charge in [0.2, 0.25) is 0 Å². The van der Waals surface area contributed by atoms with Crippen molar-refractivity contribution in [2.75, 3.05) is 0 Å². The highest BCUT2D eigenvalue weighted by molar-refractivity contribution is 5.94. The fraction of sp³-hybridized carbons (Fsp3) is 0.176. The number of hydrogen-bond donors (Lipinski definition) is 0. The van der Waals surface area contributed by atoms with E-state index in [0.29, 0.717) is 0 Å². The number of benzene rings is 2. The van der Waals surface area contributed by atoms with E-state index in [1.54, 1.807) is 0 Å². The van der Waals surface area contributed by atoms with E-state index in [0.717, 1.165) is 0 Å². The lowest BCUT2D eigenvalue weighted by molar-refractivity contribution is 1.36. The van der Waals surface area contributed by atoms with Gasteiger partial charge in [-0.2, -0.15) is 0 Å². The average Bonchev–Trinajstić information content (AvgIpc) is 2.32. The minimum absolute atomic E-state index is 1.19. The summed E-state index contributed by atoms with van der Waals surface area (Å²) in [5.74, 6) is 0. The molecule has 2 aromatic rings. The summed E-state index contributed by atoms with van der Waals surface area (Å²) in [4.78, 5) is 0. The number of aryl methyl sites for hydroxylation is 2. The van der Waals surface area contributed by atoms with Gasteiger partial charge in [-0.1, -0.05) is 49.1 Å². The summed E-state index contributed by atoms with van der Waals surface area (Å²) in [7, 11) is 0. The Morgan fingerprint density at radius 1 is 1.06 bits per heavy atom. The van der Waals surface area contributed by atoms with Gasteiger partial charge in [-0.3, -0.25) is 0 Å². The maximum atomic E-state index is 3.89. The normalized spacial score (nSPS) is 11.2. The van der Waals surface area contributed by atoms with E-state index >= 15 is 0 Å². The molecule has 0 heterocycles. The molecule has 86 valence electrons. The van der Waals surface area contributed by atoms with Gasteiger partial charge in [0.15, 0.2) is 0 Å². The first-order valence-electron chi connectivity index (χ1n) is 5.96. The van der Waals surface area contributed by atoms with Crippen molar-refractivity contribution in [3.63, 3.8) is 0 Å². The summed E-state index contributed by atoms with van der Waals surface area (Å²) >= 11 is 0. The lowest BCUT2D eigenvalue weighted by atomic mass is 9.95. The monoisotopic (exact) mass is 222 g/mol. The van der Waals surface area contributed by atoms with Crippen LogP contribution in [-0.4, -0.2) is 0 Å². The molecule has 0 bridgehead atoms. The molecule has 0 radical (unpaired) electrons. The summed E-state index contributed by atoms with van der Waals surface area (Å²) in [6.07, 6.45) is 6.16. The maximum Gasteiger partial charge on any atom is -0.0103 e. The second kappa shape index (κ2) is 4.58. The summed E-state index contributed by atoms with van der Waals surface area (Å²) < 4.78 is 0. The Kier molecular flexibility index (Phi) is 3.14. The first kappa shape index (κ1) is 11.7. The highest BCUT2D eigenvalue weighted by Crippen LogP contribution is 2.27. The molecule has 0 saturated heterocycles. The van der Waals surface area contributed by atoms with E-state index in [-0.39, 0.29) is 0 Å². The van der Waals surface area contributed by atoms with Gasteiger partial charge in [0.05, 0.1) is 0 Å². The number of allylic oxidation sites excluding steroid dienone is 1. The van der Waals surface area contributed by atoms with Gasteiger partial charge in [0.25, 0.3) is 0 Å². The quantitative estimate of drug-likeness (QED) is 0.660. The second-order valence-electron chi connectivity index (χ2n) is 4.43. The molecule has 2 rings (SSSR count). The van der Waals surface area contributed by atoms with Gasteiger partial charge in [0.1, 0.15) is 0 Å². The topological polar surface area (TPSA) is 0 Å².